The van der Waals surface area contributed by atoms with Crippen LogP contribution in [0.2, 0.25) is 0 Å². The summed E-state index contributed by atoms with van der Waals surface area (Å²) in [5.74, 6) is -0.972. The molecule has 1 rings (SSSR count). The van der Waals surface area contributed by atoms with E-state index in [-0.39, 0.29) is 18.4 Å². The van der Waals surface area contributed by atoms with Gasteiger partial charge in [0.05, 0.1) is 12.5 Å². The van der Waals surface area contributed by atoms with Crippen molar-refractivity contribution in [3.8, 4) is 6.01 Å². The van der Waals surface area contributed by atoms with Crippen LogP contribution in [0.15, 0.2) is 23.8 Å². The van der Waals surface area contributed by atoms with Gasteiger partial charge in [0.2, 0.25) is 0 Å². The Hall–Kier alpha value is -2.51. The zero-order valence-corrected chi connectivity index (χ0v) is 10.5. The average molecular weight is 268 g/mol. The van der Waals surface area contributed by atoms with E-state index < -0.39 is 12.0 Å². The molecule has 0 unspecified atom stereocenters. The van der Waals surface area contributed by atoms with Gasteiger partial charge in [-0.1, -0.05) is 12.7 Å². The third kappa shape index (κ3) is 5.11. The molecule has 1 aromatic rings. The summed E-state index contributed by atoms with van der Waals surface area (Å²) >= 11 is 0. The topological polar surface area (TPSA) is 76.9 Å². The molecule has 0 saturated heterocycles. The van der Waals surface area contributed by atoms with Gasteiger partial charge in [-0.3, -0.25) is 0 Å². The fourth-order valence-electron chi connectivity index (χ4n) is 0.883. The van der Waals surface area contributed by atoms with Gasteiger partial charge in [-0.25, -0.2) is 19.2 Å². The molecule has 0 radical (unpaired) electrons. The highest BCUT2D eigenvalue weighted by Crippen LogP contribution is 2.16. The lowest BCUT2D eigenvalue weighted by atomic mass is 10.5. The van der Waals surface area contributed by atoms with Crippen LogP contribution >= 0.6 is 0 Å². The highest BCUT2D eigenvalue weighted by molar-refractivity contribution is 5.63. The van der Waals surface area contributed by atoms with E-state index in [0.717, 1.165) is 6.20 Å². The number of hydrogen-bond donors (Lipinski definition) is 0. The first-order valence-electron chi connectivity index (χ1n) is 5.21. The van der Waals surface area contributed by atoms with Gasteiger partial charge in [-0.2, -0.15) is 4.98 Å². The van der Waals surface area contributed by atoms with Crippen molar-refractivity contribution in [2.24, 2.45) is 4.99 Å². The zero-order chi connectivity index (χ0) is 14.3. The first-order chi connectivity index (χ1) is 9.02. The molecule has 0 atom stereocenters. The summed E-state index contributed by atoms with van der Waals surface area (Å²) in [6.45, 7) is 3.36. The largest absolute Gasteiger partial charge is 0.516 e. The summed E-state index contributed by atoms with van der Waals surface area (Å²) in [6, 6.07) is -0.346. The highest BCUT2D eigenvalue weighted by Gasteiger charge is 2.11. The molecule has 1 heterocycles. The third-order valence-electron chi connectivity index (χ3n) is 1.61. The molecule has 8 heteroatoms. The second-order valence-corrected chi connectivity index (χ2v) is 3.48. The number of aromatic nitrogens is 2. The first-order valence-corrected chi connectivity index (χ1v) is 5.21. The van der Waals surface area contributed by atoms with Gasteiger partial charge in [0.1, 0.15) is 6.61 Å². The predicted molar refractivity (Wildman–Crippen MR) is 66.0 cm³/mol. The third-order valence-corrected chi connectivity index (χ3v) is 1.61. The van der Waals surface area contributed by atoms with Crippen LogP contribution in [0, 0.1) is 5.82 Å². The van der Waals surface area contributed by atoms with Gasteiger partial charge in [0, 0.05) is 14.1 Å². The number of aliphatic imine (C=N–C) groups is 1. The Balaban J connectivity index is 2.78. The van der Waals surface area contributed by atoms with Gasteiger partial charge in [-0.05, 0) is 0 Å². The molecular formula is C11H13FN4O3. The maximum Gasteiger partial charge on any atom is 0.516 e. The van der Waals surface area contributed by atoms with Crippen LogP contribution in [0.1, 0.15) is 0 Å². The van der Waals surface area contributed by atoms with E-state index >= 15 is 0 Å². The van der Waals surface area contributed by atoms with Crippen molar-refractivity contribution in [3.63, 3.8) is 0 Å². The van der Waals surface area contributed by atoms with Crippen LogP contribution in [-0.4, -0.2) is 48.1 Å². The number of carbonyl (C=O) groups is 1. The highest BCUT2D eigenvalue weighted by atomic mass is 19.1. The zero-order valence-electron chi connectivity index (χ0n) is 10.5. The van der Waals surface area contributed by atoms with Crippen molar-refractivity contribution < 1.29 is 18.7 Å². The Bertz CT molecular complexity index is 491. The van der Waals surface area contributed by atoms with E-state index in [9.17, 15) is 9.18 Å². The molecule has 0 spiro atoms. The molecule has 0 aliphatic rings. The van der Waals surface area contributed by atoms with Crippen LogP contribution < -0.4 is 4.74 Å². The summed E-state index contributed by atoms with van der Waals surface area (Å²) < 4.78 is 22.5. The van der Waals surface area contributed by atoms with Crippen molar-refractivity contribution in [2.45, 2.75) is 0 Å². The molecule has 0 aliphatic carbocycles. The molecule has 0 saturated carbocycles. The number of nitrogens with zero attached hydrogens (tertiary/aromatic N) is 4. The lowest BCUT2D eigenvalue weighted by molar-refractivity contribution is 0.106. The van der Waals surface area contributed by atoms with Crippen molar-refractivity contribution in [2.75, 3.05) is 20.7 Å². The van der Waals surface area contributed by atoms with E-state index in [1.807, 2.05) is 0 Å². The number of hydrogen-bond acceptors (Lipinski definition) is 6. The Morgan fingerprint density at radius 3 is 3.00 bits per heavy atom. The summed E-state index contributed by atoms with van der Waals surface area (Å²) in [5.41, 5.74) is 0. The van der Waals surface area contributed by atoms with Crippen molar-refractivity contribution in [3.05, 3.63) is 24.7 Å². The lowest BCUT2D eigenvalue weighted by Gasteiger charge is -2.04. The normalized spacial score (nSPS) is 10.3. The van der Waals surface area contributed by atoms with Crippen molar-refractivity contribution >= 4 is 18.3 Å². The van der Waals surface area contributed by atoms with Gasteiger partial charge in [0.25, 0.3) is 0 Å². The van der Waals surface area contributed by atoms with Crippen LogP contribution in [0.4, 0.5) is 15.0 Å². The van der Waals surface area contributed by atoms with Crippen LogP contribution in [0.5, 0.6) is 6.01 Å². The quantitative estimate of drug-likeness (QED) is 0.349. The van der Waals surface area contributed by atoms with Crippen LogP contribution in [-0.2, 0) is 4.74 Å². The van der Waals surface area contributed by atoms with Crippen molar-refractivity contribution in [1.82, 2.24) is 14.9 Å². The second-order valence-electron chi connectivity index (χ2n) is 3.48. The Kier molecular flexibility index (Phi) is 5.39. The van der Waals surface area contributed by atoms with Crippen LogP contribution in [0.25, 0.3) is 0 Å². The molecule has 0 fully saturated rings. The molecule has 0 aliphatic heterocycles. The minimum absolute atomic E-state index is 0.00827. The standard InChI is InChI=1S/C11H13FN4O3/c1-4-5-18-11(17)19-10-13-6-8(12)9(15-10)14-7-16(2)3/h4,6-7H,1,5H2,2-3H3/b14-7+. The number of ether oxygens (including phenoxy) is 2. The SMILES string of the molecule is C=CCOC(=O)Oc1ncc(F)c(/N=C/N(C)C)n1. The molecule has 0 N–H and O–H groups in total. The smallest absolute Gasteiger partial charge is 0.430 e. The molecule has 0 amide bonds. The molecule has 102 valence electrons. The molecule has 0 aromatic carbocycles. The summed E-state index contributed by atoms with van der Waals surface area (Å²) in [4.78, 5) is 23.6. The second kappa shape index (κ2) is 7.04. The lowest BCUT2D eigenvalue weighted by Crippen LogP contribution is -2.12. The fraction of sp³-hybridized carbons (Fsp3) is 0.273. The minimum Gasteiger partial charge on any atom is -0.430 e. The number of halogens is 1. The van der Waals surface area contributed by atoms with Crippen molar-refractivity contribution in [1.29, 1.82) is 0 Å². The van der Waals surface area contributed by atoms with Gasteiger partial charge >= 0.3 is 12.2 Å². The summed E-state index contributed by atoms with van der Waals surface area (Å²) in [7, 11) is 3.43. The minimum atomic E-state index is -1.01. The summed E-state index contributed by atoms with van der Waals surface area (Å²) in [6.07, 6.45) is 2.57. The Labute approximate surface area is 109 Å². The van der Waals surface area contributed by atoms with E-state index in [1.165, 1.54) is 12.4 Å². The van der Waals surface area contributed by atoms with Gasteiger partial charge in [-0.15, -0.1) is 0 Å². The van der Waals surface area contributed by atoms with E-state index in [4.69, 9.17) is 0 Å². The first kappa shape index (κ1) is 14.6. The molecule has 0 bridgehead atoms. The average Bonchev–Trinajstić information content (AvgIpc) is 2.37. The van der Waals surface area contributed by atoms with E-state index in [0.29, 0.717) is 0 Å². The van der Waals surface area contributed by atoms with Gasteiger partial charge < -0.3 is 14.4 Å². The molecule has 1 aromatic heterocycles. The maximum absolute atomic E-state index is 13.3. The monoisotopic (exact) mass is 268 g/mol. The van der Waals surface area contributed by atoms with Gasteiger partial charge in [0.15, 0.2) is 11.6 Å². The number of rotatable bonds is 5. The Morgan fingerprint density at radius 1 is 1.63 bits per heavy atom. The molecular weight excluding hydrogens is 255 g/mol. The molecule has 7 nitrogen and oxygen atoms in total. The van der Waals surface area contributed by atoms with E-state index in [2.05, 4.69) is 31.0 Å². The Morgan fingerprint density at radius 2 is 2.37 bits per heavy atom. The fourth-order valence-corrected chi connectivity index (χ4v) is 0.883. The summed E-state index contributed by atoms with van der Waals surface area (Å²) in [5, 5.41) is 0. The molecule has 19 heavy (non-hydrogen) atoms. The predicted octanol–water partition coefficient (Wildman–Crippen LogP) is 1.54. The van der Waals surface area contributed by atoms with E-state index in [1.54, 1.807) is 19.0 Å². The maximum atomic E-state index is 13.3. The van der Waals surface area contributed by atoms with Crippen LogP contribution in [0.3, 0.4) is 0 Å². The number of carbonyl (C=O) groups excluding carboxylic acids is 1.